The first-order chi connectivity index (χ1) is 7.33. The van der Waals surface area contributed by atoms with E-state index in [1.54, 1.807) is 6.07 Å². The van der Waals surface area contributed by atoms with Gasteiger partial charge in [0.1, 0.15) is 5.82 Å². The molecule has 0 heterocycles. The molecule has 0 saturated carbocycles. The minimum atomic E-state index is -1.88. The molecular formula is C11H13ClFNOSi. The summed E-state index contributed by atoms with van der Waals surface area (Å²) in [6.45, 7) is 5.85. The quantitative estimate of drug-likeness (QED) is 0.770. The first kappa shape index (κ1) is 13.2. The molecule has 0 aliphatic rings. The van der Waals surface area contributed by atoms with Gasteiger partial charge in [0.2, 0.25) is 0 Å². The Balaban J connectivity index is 3.01. The van der Waals surface area contributed by atoms with E-state index < -0.39 is 20.2 Å². The molecule has 0 bridgehead atoms. The number of hydrogen-bond acceptors (Lipinski definition) is 2. The summed E-state index contributed by atoms with van der Waals surface area (Å²) >= 11 is 5.64. The summed E-state index contributed by atoms with van der Waals surface area (Å²) in [5.74, 6) is -0.502. The number of halogens is 2. The predicted octanol–water partition coefficient (Wildman–Crippen LogP) is 3.90. The second-order valence-corrected chi connectivity index (χ2v) is 9.30. The third kappa shape index (κ3) is 3.60. The monoisotopic (exact) mass is 257 g/mol. The highest BCUT2D eigenvalue weighted by atomic mass is 35.5. The number of nitrogens with zero attached hydrogens (tertiary/aromatic N) is 1. The fraction of sp³-hybridized carbons (Fsp3) is 0.364. The van der Waals surface area contributed by atoms with Crippen LogP contribution in [0.3, 0.4) is 0 Å². The Morgan fingerprint density at radius 2 is 2.06 bits per heavy atom. The van der Waals surface area contributed by atoms with Gasteiger partial charge in [-0.2, -0.15) is 5.26 Å². The largest absolute Gasteiger partial charge is 0.399 e. The molecule has 0 radical (unpaired) electrons. The van der Waals surface area contributed by atoms with Gasteiger partial charge in [-0.25, -0.2) is 4.39 Å². The van der Waals surface area contributed by atoms with Crippen molar-refractivity contribution in [1.29, 1.82) is 5.26 Å². The number of hydrogen-bond donors (Lipinski definition) is 0. The highest BCUT2D eigenvalue weighted by molar-refractivity contribution is 6.69. The van der Waals surface area contributed by atoms with Gasteiger partial charge in [-0.1, -0.05) is 17.7 Å². The van der Waals surface area contributed by atoms with Gasteiger partial charge in [-0.05, 0) is 31.8 Å². The first-order valence-electron chi connectivity index (χ1n) is 4.86. The van der Waals surface area contributed by atoms with Crippen molar-refractivity contribution in [3.05, 3.63) is 34.6 Å². The smallest absolute Gasteiger partial charge is 0.186 e. The molecule has 1 aromatic carbocycles. The van der Waals surface area contributed by atoms with E-state index in [0.29, 0.717) is 5.02 Å². The molecule has 16 heavy (non-hydrogen) atoms. The van der Waals surface area contributed by atoms with Gasteiger partial charge in [0.25, 0.3) is 0 Å². The summed E-state index contributed by atoms with van der Waals surface area (Å²) in [6.07, 6.45) is -0.857. The van der Waals surface area contributed by atoms with Crippen molar-refractivity contribution < 1.29 is 8.82 Å². The van der Waals surface area contributed by atoms with Crippen molar-refractivity contribution in [3.63, 3.8) is 0 Å². The minimum absolute atomic E-state index is 0.245. The highest BCUT2D eigenvalue weighted by Gasteiger charge is 2.24. The Morgan fingerprint density at radius 1 is 1.44 bits per heavy atom. The molecule has 0 saturated heterocycles. The van der Waals surface area contributed by atoms with Crippen molar-refractivity contribution in [2.45, 2.75) is 25.7 Å². The average Bonchev–Trinajstić information content (AvgIpc) is 2.13. The Hall–Kier alpha value is -0.893. The predicted molar refractivity (Wildman–Crippen MR) is 64.2 cm³/mol. The lowest BCUT2D eigenvalue weighted by atomic mass is 10.1. The Labute approximate surface area is 101 Å². The lowest BCUT2D eigenvalue weighted by molar-refractivity contribution is 0.249. The number of nitriles is 1. The summed E-state index contributed by atoms with van der Waals surface area (Å²) in [4.78, 5) is 0. The van der Waals surface area contributed by atoms with Crippen LogP contribution < -0.4 is 0 Å². The molecule has 5 heteroatoms. The molecule has 0 N–H and O–H groups in total. The molecule has 1 unspecified atom stereocenters. The van der Waals surface area contributed by atoms with Gasteiger partial charge in [-0.15, -0.1) is 0 Å². The summed E-state index contributed by atoms with van der Waals surface area (Å²) in [5, 5.41) is 9.30. The average molecular weight is 258 g/mol. The van der Waals surface area contributed by atoms with E-state index in [1.165, 1.54) is 12.1 Å². The summed E-state index contributed by atoms with van der Waals surface area (Å²) in [6, 6.07) is 6.20. The molecule has 1 rings (SSSR count). The summed E-state index contributed by atoms with van der Waals surface area (Å²) in [7, 11) is -1.88. The molecular weight excluding hydrogens is 245 g/mol. The van der Waals surface area contributed by atoms with Crippen LogP contribution in [0, 0.1) is 17.1 Å². The minimum Gasteiger partial charge on any atom is -0.399 e. The maximum absolute atomic E-state index is 13.6. The molecule has 0 aromatic heterocycles. The Morgan fingerprint density at radius 3 is 2.50 bits per heavy atom. The zero-order chi connectivity index (χ0) is 12.3. The normalized spacial score (nSPS) is 13.2. The van der Waals surface area contributed by atoms with E-state index in [4.69, 9.17) is 21.3 Å². The molecule has 1 atom stereocenters. The maximum atomic E-state index is 13.6. The summed E-state index contributed by atoms with van der Waals surface area (Å²) < 4.78 is 19.2. The van der Waals surface area contributed by atoms with Gasteiger partial charge in [0.15, 0.2) is 14.4 Å². The van der Waals surface area contributed by atoms with Crippen LogP contribution in [0.2, 0.25) is 24.7 Å². The number of benzene rings is 1. The fourth-order valence-electron chi connectivity index (χ4n) is 1.23. The van der Waals surface area contributed by atoms with Crippen LogP contribution in [0.25, 0.3) is 0 Å². The zero-order valence-electron chi connectivity index (χ0n) is 9.42. The summed E-state index contributed by atoms with van der Waals surface area (Å²) in [5.41, 5.74) is 0.245. The molecule has 0 aliphatic carbocycles. The first-order valence-corrected chi connectivity index (χ1v) is 8.64. The van der Waals surface area contributed by atoms with E-state index in [0.717, 1.165) is 0 Å². The van der Waals surface area contributed by atoms with Crippen LogP contribution in [0.5, 0.6) is 0 Å². The van der Waals surface area contributed by atoms with Gasteiger partial charge in [-0.3, -0.25) is 0 Å². The van der Waals surface area contributed by atoms with Crippen LogP contribution in [0.15, 0.2) is 18.2 Å². The Bertz CT molecular complexity index is 425. The molecule has 0 fully saturated rings. The van der Waals surface area contributed by atoms with Crippen molar-refractivity contribution in [3.8, 4) is 6.07 Å². The van der Waals surface area contributed by atoms with Gasteiger partial charge in [0, 0.05) is 10.6 Å². The molecule has 1 aromatic rings. The van der Waals surface area contributed by atoms with E-state index in [2.05, 4.69) is 0 Å². The number of rotatable bonds is 3. The van der Waals surface area contributed by atoms with E-state index >= 15 is 0 Å². The third-order valence-electron chi connectivity index (χ3n) is 1.83. The SMILES string of the molecule is C[Si](C)(C)OC(C#N)c1ccc(Cl)cc1F. The van der Waals surface area contributed by atoms with Gasteiger partial charge >= 0.3 is 0 Å². The second kappa shape index (κ2) is 4.96. The highest BCUT2D eigenvalue weighted by Crippen LogP contribution is 2.25. The van der Waals surface area contributed by atoms with Crippen LogP contribution in [-0.4, -0.2) is 8.32 Å². The van der Waals surface area contributed by atoms with Crippen molar-refractivity contribution in [2.24, 2.45) is 0 Å². The van der Waals surface area contributed by atoms with Crippen LogP contribution in [0.4, 0.5) is 4.39 Å². The molecule has 86 valence electrons. The lowest BCUT2D eigenvalue weighted by Gasteiger charge is -2.22. The van der Waals surface area contributed by atoms with Gasteiger partial charge < -0.3 is 4.43 Å². The van der Waals surface area contributed by atoms with E-state index in [-0.39, 0.29) is 5.56 Å². The van der Waals surface area contributed by atoms with Gasteiger partial charge in [0.05, 0.1) is 6.07 Å². The molecule has 0 amide bonds. The van der Waals surface area contributed by atoms with E-state index in [9.17, 15) is 4.39 Å². The topological polar surface area (TPSA) is 33.0 Å². The molecule has 0 aliphatic heterocycles. The zero-order valence-corrected chi connectivity index (χ0v) is 11.2. The second-order valence-electron chi connectivity index (χ2n) is 4.41. The lowest BCUT2D eigenvalue weighted by Crippen LogP contribution is -2.27. The third-order valence-corrected chi connectivity index (χ3v) is 3.01. The van der Waals surface area contributed by atoms with Crippen molar-refractivity contribution in [2.75, 3.05) is 0 Å². The molecule has 2 nitrogen and oxygen atoms in total. The van der Waals surface area contributed by atoms with Crippen LogP contribution in [0.1, 0.15) is 11.7 Å². The molecule has 0 spiro atoms. The van der Waals surface area contributed by atoms with E-state index in [1.807, 2.05) is 25.7 Å². The standard InChI is InChI=1S/C11H13ClFNOSi/c1-16(2,3)15-11(7-14)9-5-4-8(12)6-10(9)13/h4-6,11H,1-3H3. The maximum Gasteiger partial charge on any atom is 0.186 e. The Kier molecular flexibility index (Phi) is 4.08. The van der Waals surface area contributed by atoms with Crippen molar-refractivity contribution >= 4 is 19.9 Å². The van der Waals surface area contributed by atoms with Crippen LogP contribution in [-0.2, 0) is 4.43 Å². The van der Waals surface area contributed by atoms with Crippen LogP contribution >= 0.6 is 11.6 Å². The fourth-order valence-corrected chi connectivity index (χ4v) is 2.27. The van der Waals surface area contributed by atoms with Crippen molar-refractivity contribution in [1.82, 2.24) is 0 Å².